The van der Waals surface area contributed by atoms with E-state index in [9.17, 15) is 0 Å². The fraction of sp³-hybridized carbons (Fsp3) is 1.00. The Morgan fingerprint density at radius 3 is 2.19 bits per heavy atom. The Hall–Kier alpha value is -0.120. The molecule has 1 unspecified atom stereocenters. The first kappa shape index (κ1) is 15.9. The molecular formula is C13H30N2O. The Balaban J connectivity index is 3.89. The van der Waals surface area contributed by atoms with E-state index in [0.29, 0.717) is 5.41 Å². The van der Waals surface area contributed by atoms with Crippen LogP contribution in [-0.4, -0.2) is 31.8 Å². The van der Waals surface area contributed by atoms with Gasteiger partial charge in [0.05, 0.1) is 0 Å². The Morgan fingerprint density at radius 1 is 1.19 bits per heavy atom. The van der Waals surface area contributed by atoms with Gasteiger partial charge in [-0.3, -0.25) is 0 Å². The van der Waals surface area contributed by atoms with E-state index in [0.717, 1.165) is 26.0 Å². The van der Waals surface area contributed by atoms with Crippen molar-refractivity contribution in [1.82, 2.24) is 5.32 Å². The van der Waals surface area contributed by atoms with Crippen LogP contribution in [0.25, 0.3) is 0 Å². The van der Waals surface area contributed by atoms with Crippen molar-refractivity contribution in [3.05, 3.63) is 0 Å². The molecule has 0 rings (SSSR count). The molecule has 0 radical (unpaired) electrons. The van der Waals surface area contributed by atoms with E-state index in [1.807, 2.05) is 0 Å². The van der Waals surface area contributed by atoms with Gasteiger partial charge in [-0.25, -0.2) is 0 Å². The maximum Gasteiger partial charge on any atom is 0.0477 e. The highest BCUT2D eigenvalue weighted by molar-refractivity contribution is 4.84. The SMILES string of the molecule is COCCC(N)CNC(C)(C)CC(C)(C)C. The molecule has 0 aliphatic rings. The number of methoxy groups -OCH3 is 1. The molecule has 0 heterocycles. The van der Waals surface area contributed by atoms with Crippen LogP contribution < -0.4 is 11.1 Å². The van der Waals surface area contributed by atoms with Gasteiger partial charge in [-0.05, 0) is 32.1 Å². The normalized spacial score (nSPS) is 15.2. The topological polar surface area (TPSA) is 47.3 Å². The summed E-state index contributed by atoms with van der Waals surface area (Å²) in [6.45, 7) is 12.9. The highest BCUT2D eigenvalue weighted by Crippen LogP contribution is 2.26. The van der Waals surface area contributed by atoms with Gasteiger partial charge in [0, 0.05) is 31.8 Å². The van der Waals surface area contributed by atoms with Gasteiger partial charge in [-0.2, -0.15) is 0 Å². The Bertz CT molecular complexity index is 185. The molecule has 0 aromatic carbocycles. The van der Waals surface area contributed by atoms with E-state index in [2.05, 4.69) is 39.9 Å². The lowest BCUT2D eigenvalue weighted by atomic mass is 9.81. The van der Waals surface area contributed by atoms with E-state index in [-0.39, 0.29) is 11.6 Å². The summed E-state index contributed by atoms with van der Waals surface area (Å²) in [5.74, 6) is 0. The maximum atomic E-state index is 5.99. The molecule has 1 atom stereocenters. The van der Waals surface area contributed by atoms with Gasteiger partial charge in [0.15, 0.2) is 0 Å². The Morgan fingerprint density at radius 2 is 1.75 bits per heavy atom. The molecule has 0 saturated heterocycles. The minimum atomic E-state index is 0.142. The van der Waals surface area contributed by atoms with E-state index in [1.54, 1.807) is 7.11 Å². The molecule has 0 aromatic heterocycles. The molecule has 98 valence electrons. The van der Waals surface area contributed by atoms with E-state index in [1.165, 1.54) is 0 Å². The Kier molecular flexibility index (Phi) is 6.53. The zero-order valence-corrected chi connectivity index (χ0v) is 11.9. The zero-order valence-electron chi connectivity index (χ0n) is 11.9. The van der Waals surface area contributed by atoms with Crippen LogP contribution in [0.15, 0.2) is 0 Å². The molecule has 0 spiro atoms. The molecule has 3 heteroatoms. The first-order valence-corrected chi connectivity index (χ1v) is 6.16. The number of nitrogens with one attached hydrogen (secondary N) is 1. The van der Waals surface area contributed by atoms with Gasteiger partial charge in [-0.15, -0.1) is 0 Å². The fourth-order valence-corrected chi connectivity index (χ4v) is 2.17. The summed E-state index contributed by atoms with van der Waals surface area (Å²) in [4.78, 5) is 0. The van der Waals surface area contributed by atoms with Crippen molar-refractivity contribution in [3.63, 3.8) is 0 Å². The number of hydrogen-bond acceptors (Lipinski definition) is 3. The molecule has 0 amide bonds. The van der Waals surface area contributed by atoms with Crippen LogP contribution in [0.1, 0.15) is 47.5 Å². The third-order valence-corrected chi connectivity index (χ3v) is 2.51. The predicted octanol–water partition coefficient (Wildman–Crippen LogP) is 2.15. The van der Waals surface area contributed by atoms with Gasteiger partial charge < -0.3 is 15.8 Å². The van der Waals surface area contributed by atoms with Gasteiger partial charge in [0.25, 0.3) is 0 Å². The van der Waals surface area contributed by atoms with Gasteiger partial charge in [0.1, 0.15) is 0 Å². The van der Waals surface area contributed by atoms with E-state index >= 15 is 0 Å². The second-order valence-electron chi connectivity index (χ2n) is 6.54. The summed E-state index contributed by atoms with van der Waals surface area (Å²) in [5.41, 5.74) is 6.47. The second kappa shape index (κ2) is 6.58. The van der Waals surface area contributed by atoms with Crippen LogP contribution in [0.4, 0.5) is 0 Å². The van der Waals surface area contributed by atoms with Crippen LogP contribution in [0, 0.1) is 5.41 Å². The van der Waals surface area contributed by atoms with Crippen LogP contribution in [0.2, 0.25) is 0 Å². The molecule has 16 heavy (non-hydrogen) atoms. The molecule has 0 aliphatic carbocycles. The highest BCUT2D eigenvalue weighted by atomic mass is 16.5. The molecule has 3 nitrogen and oxygen atoms in total. The quantitative estimate of drug-likeness (QED) is 0.704. The molecule has 0 aromatic rings. The number of hydrogen-bond donors (Lipinski definition) is 2. The van der Waals surface area contributed by atoms with Gasteiger partial charge >= 0.3 is 0 Å². The summed E-state index contributed by atoms with van der Waals surface area (Å²) in [6.07, 6.45) is 2.05. The second-order valence-corrected chi connectivity index (χ2v) is 6.54. The van der Waals surface area contributed by atoms with Crippen LogP contribution in [0.5, 0.6) is 0 Å². The largest absolute Gasteiger partial charge is 0.385 e. The highest BCUT2D eigenvalue weighted by Gasteiger charge is 2.25. The van der Waals surface area contributed by atoms with Crippen molar-refractivity contribution in [2.45, 2.75) is 59.0 Å². The summed E-state index contributed by atoms with van der Waals surface area (Å²) in [5, 5.41) is 3.54. The van der Waals surface area contributed by atoms with Gasteiger partial charge in [0.2, 0.25) is 0 Å². The van der Waals surface area contributed by atoms with E-state index in [4.69, 9.17) is 10.5 Å². The van der Waals surface area contributed by atoms with Crippen molar-refractivity contribution in [2.75, 3.05) is 20.3 Å². The predicted molar refractivity (Wildman–Crippen MR) is 70.6 cm³/mol. The summed E-state index contributed by atoms with van der Waals surface area (Å²) < 4.78 is 5.02. The van der Waals surface area contributed by atoms with Crippen molar-refractivity contribution < 1.29 is 4.74 Å². The lowest BCUT2D eigenvalue weighted by Crippen LogP contribution is -2.47. The van der Waals surface area contributed by atoms with Crippen molar-refractivity contribution in [2.24, 2.45) is 11.1 Å². The van der Waals surface area contributed by atoms with Crippen molar-refractivity contribution in [3.8, 4) is 0 Å². The number of rotatable bonds is 7. The number of nitrogens with two attached hydrogens (primary N) is 1. The average Bonchev–Trinajstić information content (AvgIpc) is 2.07. The van der Waals surface area contributed by atoms with E-state index < -0.39 is 0 Å². The summed E-state index contributed by atoms with van der Waals surface area (Å²) in [6, 6.07) is 0.180. The third kappa shape index (κ3) is 9.13. The summed E-state index contributed by atoms with van der Waals surface area (Å²) in [7, 11) is 1.71. The van der Waals surface area contributed by atoms with Gasteiger partial charge in [-0.1, -0.05) is 20.8 Å². The molecular weight excluding hydrogens is 200 g/mol. The first-order valence-electron chi connectivity index (χ1n) is 6.16. The maximum absolute atomic E-state index is 5.99. The molecule has 0 bridgehead atoms. The van der Waals surface area contributed by atoms with Crippen LogP contribution >= 0.6 is 0 Å². The standard InChI is InChI=1S/C13H30N2O/c1-12(2,3)10-13(4,5)15-9-11(14)7-8-16-6/h11,15H,7-10,14H2,1-6H3. The van der Waals surface area contributed by atoms with Crippen LogP contribution in [-0.2, 0) is 4.74 Å². The van der Waals surface area contributed by atoms with Crippen LogP contribution in [0.3, 0.4) is 0 Å². The minimum Gasteiger partial charge on any atom is -0.385 e. The molecule has 0 aliphatic heterocycles. The summed E-state index contributed by atoms with van der Waals surface area (Å²) >= 11 is 0. The fourth-order valence-electron chi connectivity index (χ4n) is 2.17. The molecule has 0 fully saturated rings. The van der Waals surface area contributed by atoms with Crippen molar-refractivity contribution >= 4 is 0 Å². The Labute approximate surface area is 101 Å². The zero-order chi connectivity index (χ0) is 12.8. The monoisotopic (exact) mass is 230 g/mol. The van der Waals surface area contributed by atoms with Crippen molar-refractivity contribution in [1.29, 1.82) is 0 Å². The first-order chi connectivity index (χ1) is 7.16. The lowest BCUT2D eigenvalue weighted by Gasteiger charge is -2.34. The average molecular weight is 230 g/mol. The molecule has 0 saturated carbocycles. The molecule has 3 N–H and O–H groups in total. The smallest absolute Gasteiger partial charge is 0.0477 e. The number of ether oxygens (including phenoxy) is 1. The lowest BCUT2D eigenvalue weighted by molar-refractivity contribution is 0.182. The minimum absolute atomic E-state index is 0.142. The third-order valence-electron chi connectivity index (χ3n) is 2.51.